The second-order valence-corrected chi connectivity index (χ2v) is 7.39. The zero-order chi connectivity index (χ0) is 17.7. The molecule has 2 aliphatic rings. The molecule has 1 aliphatic carbocycles. The van der Waals surface area contributed by atoms with E-state index in [1.807, 2.05) is 13.8 Å². The van der Waals surface area contributed by atoms with Gasteiger partial charge in [-0.05, 0) is 45.4 Å². The molecule has 1 saturated heterocycles. The van der Waals surface area contributed by atoms with Crippen LogP contribution in [0.1, 0.15) is 61.8 Å². The fraction of sp³-hybridized carbons (Fsp3) is 0.812. The number of alkyl halides is 3. The van der Waals surface area contributed by atoms with Crippen molar-refractivity contribution in [3.63, 3.8) is 0 Å². The van der Waals surface area contributed by atoms with E-state index in [0.717, 1.165) is 6.42 Å². The molecule has 1 amide bonds. The van der Waals surface area contributed by atoms with Crippen LogP contribution in [0.4, 0.5) is 13.2 Å². The van der Waals surface area contributed by atoms with Crippen molar-refractivity contribution in [3.8, 4) is 0 Å². The summed E-state index contributed by atoms with van der Waals surface area (Å²) in [5, 5.41) is 7.97. The van der Waals surface area contributed by atoms with Gasteiger partial charge in [-0.15, -0.1) is 5.10 Å². The Hall–Kier alpha value is -1.60. The van der Waals surface area contributed by atoms with E-state index in [2.05, 4.69) is 10.3 Å². The lowest BCUT2D eigenvalue weighted by atomic mass is 9.58. The number of rotatable bonds is 2. The number of carbonyl (C=O) groups is 1. The van der Waals surface area contributed by atoms with Gasteiger partial charge in [0, 0.05) is 19.1 Å². The molecule has 2 heterocycles. The summed E-state index contributed by atoms with van der Waals surface area (Å²) >= 11 is 0. The molecular weight excluding hydrogens is 321 g/mol. The van der Waals surface area contributed by atoms with E-state index in [-0.39, 0.29) is 37.2 Å². The Balaban J connectivity index is 1.81. The van der Waals surface area contributed by atoms with E-state index >= 15 is 0 Å². The van der Waals surface area contributed by atoms with Gasteiger partial charge in [0.05, 0.1) is 11.6 Å². The maximum Gasteiger partial charge on any atom is 0.392 e. The highest BCUT2D eigenvalue weighted by atomic mass is 19.4. The van der Waals surface area contributed by atoms with Crippen LogP contribution >= 0.6 is 0 Å². The first-order chi connectivity index (χ1) is 11.2. The zero-order valence-corrected chi connectivity index (χ0v) is 14.2. The highest BCUT2D eigenvalue weighted by molar-refractivity contribution is 5.93. The Morgan fingerprint density at radius 3 is 2.46 bits per heavy atom. The maximum atomic E-state index is 13.3. The van der Waals surface area contributed by atoms with E-state index in [0.29, 0.717) is 18.5 Å². The summed E-state index contributed by atoms with van der Waals surface area (Å²) in [6.45, 7) is 5.94. The molecule has 2 fully saturated rings. The third kappa shape index (κ3) is 2.69. The van der Waals surface area contributed by atoms with Gasteiger partial charge in [-0.1, -0.05) is 11.6 Å². The molecule has 1 saturated carbocycles. The van der Waals surface area contributed by atoms with Gasteiger partial charge in [0.2, 0.25) is 0 Å². The first kappa shape index (κ1) is 17.2. The van der Waals surface area contributed by atoms with Crippen LogP contribution < -0.4 is 0 Å². The Morgan fingerprint density at radius 2 is 2.00 bits per heavy atom. The van der Waals surface area contributed by atoms with Crippen molar-refractivity contribution >= 4 is 5.91 Å². The largest absolute Gasteiger partial charge is 0.392 e. The van der Waals surface area contributed by atoms with Crippen molar-refractivity contribution in [2.75, 3.05) is 13.1 Å². The molecule has 8 heteroatoms. The Kier molecular flexibility index (Phi) is 4.12. The number of nitrogens with zero attached hydrogens (tertiary/aromatic N) is 4. The first-order valence-corrected chi connectivity index (χ1v) is 8.43. The average molecular weight is 344 g/mol. The van der Waals surface area contributed by atoms with Crippen LogP contribution in [0, 0.1) is 18.3 Å². The molecule has 134 valence electrons. The monoisotopic (exact) mass is 344 g/mol. The number of piperidine rings is 1. The summed E-state index contributed by atoms with van der Waals surface area (Å²) in [5.41, 5.74) is 0.118. The van der Waals surface area contributed by atoms with Gasteiger partial charge in [-0.3, -0.25) is 4.79 Å². The topological polar surface area (TPSA) is 51.0 Å². The summed E-state index contributed by atoms with van der Waals surface area (Å²) in [5.74, 6) is -1.60. The number of carbonyl (C=O) groups excluding carboxylic acids is 1. The van der Waals surface area contributed by atoms with Gasteiger partial charge in [0.15, 0.2) is 5.69 Å². The minimum atomic E-state index is -4.19. The number of amides is 1. The smallest absolute Gasteiger partial charge is 0.337 e. The summed E-state index contributed by atoms with van der Waals surface area (Å²) in [6, 6.07) is 0.0768. The molecule has 1 aromatic heterocycles. The van der Waals surface area contributed by atoms with Crippen molar-refractivity contribution in [3.05, 3.63) is 11.4 Å². The molecule has 0 radical (unpaired) electrons. The van der Waals surface area contributed by atoms with Gasteiger partial charge in [0.1, 0.15) is 0 Å². The summed E-state index contributed by atoms with van der Waals surface area (Å²) < 4.78 is 41.7. The highest BCUT2D eigenvalue weighted by Crippen LogP contribution is 2.56. The van der Waals surface area contributed by atoms with Gasteiger partial charge in [-0.25, -0.2) is 4.68 Å². The molecule has 0 aromatic carbocycles. The van der Waals surface area contributed by atoms with Crippen LogP contribution in [0.15, 0.2) is 0 Å². The van der Waals surface area contributed by atoms with E-state index in [4.69, 9.17) is 0 Å². The minimum Gasteiger partial charge on any atom is -0.337 e. The van der Waals surface area contributed by atoms with E-state index < -0.39 is 17.5 Å². The fourth-order valence-corrected chi connectivity index (χ4v) is 4.16. The number of likely N-dealkylation sites (tertiary alicyclic amines) is 1. The molecule has 1 atom stereocenters. The predicted octanol–water partition coefficient (Wildman–Crippen LogP) is 3.36. The van der Waals surface area contributed by atoms with Crippen LogP contribution in [0.3, 0.4) is 0 Å². The summed E-state index contributed by atoms with van der Waals surface area (Å²) in [6.07, 6.45) is -2.33. The lowest BCUT2D eigenvalue weighted by Crippen LogP contribution is -2.57. The standard InChI is InChI=1S/C16H23F3N4O/c1-10(2)23-11(3)13(20-21-23)14(24)22-8-5-12(16(17,18)19)15(9-22)6-4-7-15/h10,12H,4-9H2,1-3H3. The molecule has 1 aliphatic heterocycles. The SMILES string of the molecule is Cc1c(C(=O)N2CCC(C(F)(F)F)C3(CCC3)C2)nnn1C(C)C. The van der Waals surface area contributed by atoms with Crippen LogP contribution in [0.2, 0.25) is 0 Å². The molecular formula is C16H23F3N4O. The molecule has 3 rings (SSSR count). The van der Waals surface area contributed by atoms with Crippen LogP contribution in [0.5, 0.6) is 0 Å². The van der Waals surface area contributed by atoms with Crippen molar-refractivity contribution in [2.45, 2.75) is 58.7 Å². The number of halogens is 3. The van der Waals surface area contributed by atoms with E-state index in [1.165, 1.54) is 0 Å². The van der Waals surface area contributed by atoms with Gasteiger partial charge >= 0.3 is 6.18 Å². The highest BCUT2D eigenvalue weighted by Gasteiger charge is 2.58. The van der Waals surface area contributed by atoms with Crippen LogP contribution in [-0.4, -0.2) is 45.1 Å². The lowest BCUT2D eigenvalue weighted by Gasteiger charge is -2.54. The normalized spacial score (nSPS) is 23.6. The van der Waals surface area contributed by atoms with E-state index in [1.54, 1.807) is 16.5 Å². The molecule has 0 N–H and O–H groups in total. The lowest BCUT2D eigenvalue weighted by molar-refractivity contribution is -0.235. The molecule has 1 aromatic rings. The Labute approximate surface area is 139 Å². The van der Waals surface area contributed by atoms with Gasteiger partial charge < -0.3 is 4.90 Å². The van der Waals surface area contributed by atoms with E-state index in [9.17, 15) is 18.0 Å². The second kappa shape index (κ2) is 5.74. The van der Waals surface area contributed by atoms with Crippen molar-refractivity contribution in [1.82, 2.24) is 19.9 Å². The third-order valence-electron chi connectivity index (χ3n) is 5.58. The third-order valence-corrected chi connectivity index (χ3v) is 5.58. The summed E-state index contributed by atoms with van der Waals surface area (Å²) in [4.78, 5) is 14.3. The zero-order valence-electron chi connectivity index (χ0n) is 14.2. The molecule has 24 heavy (non-hydrogen) atoms. The molecule has 1 unspecified atom stereocenters. The first-order valence-electron chi connectivity index (χ1n) is 8.43. The quantitative estimate of drug-likeness (QED) is 0.827. The van der Waals surface area contributed by atoms with Gasteiger partial charge in [-0.2, -0.15) is 13.2 Å². The number of hydrogen-bond acceptors (Lipinski definition) is 3. The van der Waals surface area contributed by atoms with Gasteiger partial charge in [0.25, 0.3) is 5.91 Å². The Bertz CT molecular complexity index is 634. The van der Waals surface area contributed by atoms with Crippen LogP contribution in [-0.2, 0) is 0 Å². The fourth-order valence-electron chi connectivity index (χ4n) is 4.16. The number of aromatic nitrogens is 3. The van der Waals surface area contributed by atoms with Crippen molar-refractivity contribution < 1.29 is 18.0 Å². The molecule has 1 spiro atoms. The average Bonchev–Trinajstić information content (AvgIpc) is 2.85. The minimum absolute atomic E-state index is 0.0212. The predicted molar refractivity (Wildman–Crippen MR) is 81.5 cm³/mol. The molecule has 0 bridgehead atoms. The second-order valence-electron chi connectivity index (χ2n) is 7.39. The maximum absolute atomic E-state index is 13.3. The number of hydrogen-bond donors (Lipinski definition) is 0. The summed E-state index contributed by atoms with van der Waals surface area (Å²) in [7, 11) is 0. The molecule has 5 nitrogen and oxygen atoms in total. The van der Waals surface area contributed by atoms with Crippen LogP contribution in [0.25, 0.3) is 0 Å². The van der Waals surface area contributed by atoms with Crippen molar-refractivity contribution in [1.29, 1.82) is 0 Å². The Morgan fingerprint density at radius 1 is 1.33 bits per heavy atom. The van der Waals surface area contributed by atoms with Crippen molar-refractivity contribution in [2.24, 2.45) is 11.3 Å².